The lowest BCUT2D eigenvalue weighted by atomic mass is 10.00. The summed E-state index contributed by atoms with van der Waals surface area (Å²) in [6.07, 6.45) is 0.790. The van der Waals surface area contributed by atoms with Gasteiger partial charge in [0.1, 0.15) is 0 Å². The van der Waals surface area contributed by atoms with Gasteiger partial charge < -0.3 is 5.73 Å². The van der Waals surface area contributed by atoms with Crippen LogP contribution in [0.15, 0.2) is 46.9 Å². The number of hydrogen-bond donors (Lipinski definition) is 1. The third kappa shape index (κ3) is 3.70. The lowest BCUT2D eigenvalue weighted by molar-refractivity contribution is 0.722. The van der Waals surface area contributed by atoms with Crippen LogP contribution in [0.3, 0.4) is 0 Å². The van der Waals surface area contributed by atoms with Crippen molar-refractivity contribution in [2.24, 2.45) is 5.73 Å². The summed E-state index contributed by atoms with van der Waals surface area (Å²) in [5, 5.41) is 0.711. The Hall–Kier alpha value is -0.100. The topological polar surface area (TPSA) is 26.0 Å². The SMILES string of the molecule is NC(Cc1ccc(I)cc1)c1ccc(Br)cc1Cl. The minimum Gasteiger partial charge on any atom is -0.324 e. The molecule has 2 aromatic rings. The second kappa shape index (κ2) is 6.37. The van der Waals surface area contributed by atoms with Crippen molar-refractivity contribution in [2.45, 2.75) is 12.5 Å². The summed E-state index contributed by atoms with van der Waals surface area (Å²) in [6.45, 7) is 0. The molecule has 0 aliphatic rings. The first-order valence-electron chi connectivity index (χ1n) is 5.51. The van der Waals surface area contributed by atoms with Gasteiger partial charge in [-0.2, -0.15) is 0 Å². The molecule has 2 aromatic carbocycles. The molecule has 1 nitrogen and oxygen atoms in total. The van der Waals surface area contributed by atoms with Crippen molar-refractivity contribution in [1.82, 2.24) is 0 Å². The normalized spacial score (nSPS) is 12.4. The highest BCUT2D eigenvalue weighted by atomic mass is 127. The van der Waals surface area contributed by atoms with Crippen molar-refractivity contribution in [3.8, 4) is 0 Å². The van der Waals surface area contributed by atoms with E-state index in [1.54, 1.807) is 0 Å². The minimum atomic E-state index is -0.0781. The zero-order chi connectivity index (χ0) is 13.1. The molecule has 2 N–H and O–H groups in total. The highest BCUT2D eigenvalue weighted by Gasteiger charge is 2.11. The van der Waals surface area contributed by atoms with Gasteiger partial charge in [0, 0.05) is 19.1 Å². The average Bonchev–Trinajstić information content (AvgIpc) is 2.32. The van der Waals surface area contributed by atoms with Crippen LogP contribution in [0.2, 0.25) is 5.02 Å². The molecule has 0 amide bonds. The summed E-state index contributed by atoms with van der Waals surface area (Å²) < 4.78 is 2.20. The molecule has 0 bridgehead atoms. The number of halogens is 3. The molecule has 1 atom stereocenters. The quantitative estimate of drug-likeness (QED) is 0.677. The molecule has 0 aliphatic carbocycles. The molecule has 0 fully saturated rings. The maximum Gasteiger partial charge on any atom is 0.0465 e. The molecule has 2 rings (SSSR count). The summed E-state index contributed by atoms with van der Waals surface area (Å²) in [6, 6.07) is 14.1. The Morgan fingerprint density at radius 1 is 1.17 bits per heavy atom. The molecular weight excluding hydrogens is 424 g/mol. The summed E-state index contributed by atoms with van der Waals surface area (Å²) in [5.74, 6) is 0. The fraction of sp³-hybridized carbons (Fsp3) is 0.143. The summed E-state index contributed by atoms with van der Waals surface area (Å²) >= 11 is 11.9. The van der Waals surface area contributed by atoms with Gasteiger partial charge in [0.2, 0.25) is 0 Å². The second-order valence-electron chi connectivity index (χ2n) is 4.10. The fourth-order valence-electron chi connectivity index (χ4n) is 1.79. The third-order valence-electron chi connectivity index (χ3n) is 2.73. The Morgan fingerprint density at radius 3 is 2.44 bits per heavy atom. The second-order valence-corrected chi connectivity index (χ2v) is 6.67. The van der Waals surface area contributed by atoms with Crippen molar-refractivity contribution in [3.05, 3.63) is 66.7 Å². The highest BCUT2D eigenvalue weighted by molar-refractivity contribution is 14.1. The molecule has 1 unspecified atom stereocenters. The number of hydrogen-bond acceptors (Lipinski definition) is 1. The highest BCUT2D eigenvalue weighted by Crippen LogP contribution is 2.27. The van der Waals surface area contributed by atoms with E-state index in [4.69, 9.17) is 17.3 Å². The molecule has 0 spiro atoms. The molecule has 4 heteroatoms. The molecule has 0 aliphatic heterocycles. The molecule has 0 aromatic heterocycles. The van der Waals surface area contributed by atoms with E-state index in [1.165, 1.54) is 9.13 Å². The van der Waals surface area contributed by atoms with Gasteiger partial charge in [0.25, 0.3) is 0 Å². The van der Waals surface area contributed by atoms with Crippen LogP contribution < -0.4 is 5.73 Å². The van der Waals surface area contributed by atoms with Crippen LogP contribution in [-0.2, 0) is 6.42 Å². The summed E-state index contributed by atoms with van der Waals surface area (Å²) in [5.41, 5.74) is 8.42. The van der Waals surface area contributed by atoms with Crippen LogP contribution in [-0.4, -0.2) is 0 Å². The zero-order valence-electron chi connectivity index (χ0n) is 9.54. The van der Waals surface area contributed by atoms with Crippen LogP contribution in [0.25, 0.3) is 0 Å². The maximum atomic E-state index is 6.21. The van der Waals surface area contributed by atoms with Crippen LogP contribution in [0, 0.1) is 3.57 Å². The monoisotopic (exact) mass is 435 g/mol. The van der Waals surface area contributed by atoms with E-state index in [9.17, 15) is 0 Å². The van der Waals surface area contributed by atoms with Gasteiger partial charge >= 0.3 is 0 Å². The molecular formula is C14H12BrClIN. The first-order chi connectivity index (χ1) is 8.56. The van der Waals surface area contributed by atoms with E-state index in [2.05, 4.69) is 62.8 Å². The summed E-state index contributed by atoms with van der Waals surface area (Å²) in [7, 11) is 0. The van der Waals surface area contributed by atoms with E-state index in [0.717, 1.165) is 16.5 Å². The molecule has 94 valence electrons. The predicted octanol–water partition coefficient (Wildman–Crippen LogP) is 4.95. The van der Waals surface area contributed by atoms with Crippen molar-refractivity contribution >= 4 is 50.1 Å². The molecule has 18 heavy (non-hydrogen) atoms. The largest absolute Gasteiger partial charge is 0.324 e. The van der Waals surface area contributed by atoms with Crippen molar-refractivity contribution < 1.29 is 0 Å². The van der Waals surface area contributed by atoms with E-state index < -0.39 is 0 Å². The van der Waals surface area contributed by atoms with Gasteiger partial charge in [-0.15, -0.1) is 0 Å². The zero-order valence-corrected chi connectivity index (χ0v) is 14.0. The van der Waals surface area contributed by atoms with Crippen molar-refractivity contribution in [2.75, 3.05) is 0 Å². The maximum absolute atomic E-state index is 6.21. The first kappa shape index (κ1) is 14.3. The molecule has 0 saturated carbocycles. The van der Waals surface area contributed by atoms with Gasteiger partial charge in [-0.3, -0.25) is 0 Å². The van der Waals surface area contributed by atoms with Gasteiger partial charge in [-0.1, -0.05) is 45.7 Å². The lowest BCUT2D eigenvalue weighted by Gasteiger charge is -2.14. The molecule has 0 heterocycles. The Balaban J connectivity index is 2.16. The van der Waals surface area contributed by atoms with Gasteiger partial charge in [-0.25, -0.2) is 0 Å². The van der Waals surface area contributed by atoms with Crippen LogP contribution in [0.4, 0.5) is 0 Å². The first-order valence-corrected chi connectivity index (χ1v) is 7.76. The van der Waals surface area contributed by atoms with Crippen LogP contribution in [0.5, 0.6) is 0 Å². The fourth-order valence-corrected chi connectivity index (χ4v) is 2.96. The number of benzene rings is 2. The van der Waals surface area contributed by atoms with E-state index in [0.29, 0.717) is 5.02 Å². The van der Waals surface area contributed by atoms with E-state index in [-0.39, 0.29) is 6.04 Å². The van der Waals surface area contributed by atoms with Gasteiger partial charge in [0.15, 0.2) is 0 Å². The number of nitrogens with two attached hydrogens (primary N) is 1. The van der Waals surface area contributed by atoms with Crippen molar-refractivity contribution in [1.29, 1.82) is 0 Å². The van der Waals surface area contributed by atoms with Gasteiger partial charge in [-0.05, 0) is 64.4 Å². The van der Waals surface area contributed by atoms with Crippen molar-refractivity contribution in [3.63, 3.8) is 0 Å². The Bertz CT molecular complexity index is 542. The van der Waals surface area contributed by atoms with Gasteiger partial charge in [0.05, 0.1) is 0 Å². The third-order valence-corrected chi connectivity index (χ3v) is 4.27. The summed E-state index contributed by atoms with van der Waals surface area (Å²) in [4.78, 5) is 0. The van der Waals surface area contributed by atoms with Crippen LogP contribution in [0.1, 0.15) is 17.2 Å². The standard InChI is InChI=1S/C14H12BrClIN/c15-10-3-6-12(13(16)8-10)14(18)7-9-1-4-11(17)5-2-9/h1-6,8,14H,7,18H2. The lowest BCUT2D eigenvalue weighted by Crippen LogP contribution is -2.13. The van der Waals surface area contributed by atoms with E-state index >= 15 is 0 Å². The van der Waals surface area contributed by atoms with Crippen LogP contribution >= 0.6 is 50.1 Å². The van der Waals surface area contributed by atoms with E-state index in [1.807, 2.05) is 18.2 Å². The predicted molar refractivity (Wildman–Crippen MR) is 88.9 cm³/mol. The average molecular weight is 437 g/mol. The minimum absolute atomic E-state index is 0.0781. The smallest absolute Gasteiger partial charge is 0.0465 e. The Kier molecular flexibility index (Phi) is 5.06. The number of rotatable bonds is 3. The Labute approximate surface area is 134 Å². The molecule has 0 radical (unpaired) electrons. The Morgan fingerprint density at radius 2 is 1.83 bits per heavy atom. The molecule has 0 saturated heterocycles.